The van der Waals surface area contributed by atoms with Crippen molar-refractivity contribution in [3.63, 3.8) is 0 Å². The summed E-state index contributed by atoms with van der Waals surface area (Å²) in [6.45, 7) is 4.05. The molecular weight excluding hydrogens is 803 g/mol. The van der Waals surface area contributed by atoms with Gasteiger partial charge in [0.05, 0.1) is 18.8 Å². The van der Waals surface area contributed by atoms with E-state index in [4.69, 9.17) is 0 Å². The van der Waals surface area contributed by atoms with Crippen molar-refractivity contribution in [1.29, 1.82) is 0 Å². The lowest BCUT2D eigenvalue weighted by Gasteiger charge is -2.27. The van der Waals surface area contributed by atoms with Gasteiger partial charge in [-0.3, -0.25) is 4.79 Å². The number of carbonyl (C=O) groups is 1. The van der Waals surface area contributed by atoms with Crippen LogP contribution in [0.2, 0.25) is 0 Å². The highest BCUT2D eigenvalue weighted by Gasteiger charge is 2.28. The third-order valence-electron chi connectivity index (χ3n) is 12.9. The van der Waals surface area contributed by atoms with Crippen LogP contribution in [0.3, 0.4) is 0 Å². The van der Waals surface area contributed by atoms with Crippen molar-refractivity contribution in [2.45, 2.75) is 301 Å². The zero-order chi connectivity index (χ0) is 47.4. The number of carbonyl (C=O) groups excluding carboxylic acids is 1. The van der Waals surface area contributed by atoms with Crippen LogP contribution in [-0.2, 0) is 4.79 Å². The predicted molar refractivity (Wildman–Crippen MR) is 283 cm³/mol. The van der Waals surface area contributed by atoms with E-state index in [9.17, 15) is 25.2 Å². The third kappa shape index (κ3) is 46.9. The molecule has 0 heterocycles. The minimum atomic E-state index is -1.30. The maximum atomic E-state index is 12.6. The summed E-state index contributed by atoms with van der Waals surface area (Å²) in [5.74, 6) is -0.602. The molecule has 0 saturated carbocycles. The van der Waals surface area contributed by atoms with Gasteiger partial charge in [0.25, 0.3) is 0 Å². The van der Waals surface area contributed by atoms with E-state index in [2.05, 4.69) is 79.9 Å². The molecule has 0 aromatic heterocycles. The Bertz CT molecular complexity index is 1110. The lowest BCUT2D eigenvalue weighted by atomic mass is 10.00. The summed E-state index contributed by atoms with van der Waals surface area (Å²) in [4.78, 5) is 12.6. The van der Waals surface area contributed by atoms with Crippen molar-refractivity contribution in [3.8, 4) is 0 Å². The number of allylic oxidation sites excluding steroid dienone is 10. The highest BCUT2D eigenvalue weighted by Crippen LogP contribution is 2.16. The molecule has 0 bridgehead atoms. The molecule has 4 atom stereocenters. The number of hydrogen-bond acceptors (Lipinski definition) is 5. The maximum absolute atomic E-state index is 12.6. The molecule has 6 heteroatoms. The zero-order valence-electron chi connectivity index (χ0n) is 43.0. The Morgan fingerprint density at radius 3 is 1.06 bits per heavy atom. The first-order valence-electron chi connectivity index (χ1n) is 28.2. The first kappa shape index (κ1) is 63.0. The monoisotopic (exact) mass is 912 g/mol. The van der Waals surface area contributed by atoms with Gasteiger partial charge in [-0.25, -0.2) is 0 Å². The molecule has 1 amide bonds. The smallest absolute Gasteiger partial charge is 0.249 e. The van der Waals surface area contributed by atoms with Crippen molar-refractivity contribution in [2.24, 2.45) is 0 Å². The second kappa shape index (κ2) is 53.0. The molecule has 65 heavy (non-hydrogen) atoms. The molecule has 0 spiro atoms. The van der Waals surface area contributed by atoms with Gasteiger partial charge >= 0.3 is 0 Å². The Labute approximate surface area is 403 Å². The van der Waals surface area contributed by atoms with E-state index in [1.165, 1.54) is 186 Å². The lowest BCUT2D eigenvalue weighted by Crippen LogP contribution is -2.53. The second-order valence-electron chi connectivity index (χ2n) is 19.3. The molecule has 0 aromatic rings. The van der Waals surface area contributed by atoms with Crippen molar-refractivity contribution in [1.82, 2.24) is 5.32 Å². The van der Waals surface area contributed by atoms with Crippen molar-refractivity contribution in [3.05, 3.63) is 60.8 Å². The van der Waals surface area contributed by atoms with Crippen LogP contribution in [0.5, 0.6) is 0 Å². The molecule has 0 aliphatic rings. The average molecular weight is 913 g/mol. The van der Waals surface area contributed by atoms with Gasteiger partial charge in [0.1, 0.15) is 12.2 Å². The van der Waals surface area contributed by atoms with Gasteiger partial charge in [0, 0.05) is 0 Å². The topological polar surface area (TPSA) is 110 Å². The lowest BCUT2D eigenvalue weighted by molar-refractivity contribution is -0.132. The number of rotatable bonds is 51. The first-order chi connectivity index (χ1) is 32.0. The van der Waals surface area contributed by atoms with Crippen LogP contribution in [-0.4, -0.2) is 57.3 Å². The first-order valence-corrected chi connectivity index (χ1v) is 28.2. The summed E-state index contributed by atoms with van der Waals surface area (Å²) in [7, 11) is 0. The molecule has 0 aromatic carbocycles. The fourth-order valence-corrected chi connectivity index (χ4v) is 8.47. The molecule has 4 unspecified atom stereocenters. The highest BCUT2D eigenvalue weighted by molar-refractivity contribution is 5.80. The van der Waals surface area contributed by atoms with Gasteiger partial charge in [-0.05, 0) is 96.3 Å². The minimum Gasteiger partial charge on any atom is -0.394 e. The van der Waals surface area contributed by atoms with Crippen molar-refractivity contribution >= 4 is 5.91 Å². The standard InChI is InChI=1S/C59H109NO5/c1-3-5-7-9-11-13-15-17-19-21-23-25-27-28-29-31-33-35-37-39-41-43-45-47-49-51-53-57(63)59(65)60-55(54-61)58(64)56(62)52-50-48-46-44-42-40-38-36-34-32-30-26-24-22-20-18-16-14-12-10-8-6-4-2/h23,25-26,28-30,36,38,44,46,55-58,61-64H,3-22,24,27,31-35,37,39-43,45,47-54H2,1-2H3,(H,60,65)/b25-23-,29-28-,30-26+,38-36+,46-44+. The van der Waals surface area contributed by atoms with Gasteiger partial charge in [0.2, 0.25) is 5.91 Å². The SMILES string of the molecule is CCCCCCCCCCC/C=C\C/C=C\CCCCCCCCCCCCC(O)C(=O)NC(CO)C(O)C(O)CCC/C=C/CC/C=C/CC/C=C/CCCCCCCCCCCC. The Hall–Kier alpha value is -1.99. The van der Waals surface area contributed by atoms with Crippen molar-refractivity contribution in [2.75, 3.05) is 6.61 Å². The largest absolute Gasteiger partial charge is 0.394 e. The van der Waals surface area contributed by atoms with E-state index in [1.54, 1.807) is 0 Å². The van der Waals surface area contributed by atoms with Crippen LogP contribution in [0, 0.1) is 0 Å². The van der Waals surface area contributed by atoms with Gasteiger partial charge in [0.15, 0.2) is 0 Å². The van der Waals surface area contributed by atoms with E-state index in [1.807, 2.05) is 0 Å². The maximum Gasteiger partial charge on any atom is 0.249 e. The van der Waals surface area contributed by atoms with Crippen LogP contribution in [0.1, 0.15) is 277 Å². The number of hydrogen-bond donors (Lipinski definition) is 5. The minimum absolute atomic E-state index is 0.353. The summed E-state index contributed by atoms with van der Waals surface area (Å²) in [6, 6.07) is -1.02. The van der Waals surface area contributed by atoms with E-state index in [0.29, 0.717) is 19.3 Å². The summed E-state index contributed by atoms with van der Waals surface area (Å²) in [6.07, 6.45) is 68.5. The van der Waals surface area contributed by atoms with Gasteiger partial charge in [-0.15, -0.1) is 0 Å². The van der Waals surface area contributed by atoms with E-state index < -0.39 is 36.9 Å². The van der Waals surface area contributed by atoms with Crippen LogP contribution in [0.25, 0.3) is 0 Å². The molecule has 0 radical (unpaired) electrons. The fraction of sp³-hybridized carbons (Fsp3) is 0.814. The van der Waals surface area contributed by atoms with Gasteiger partial charge < -0.3 is 25.7 Å². The average Bonchev–Trinajstić information content (AvgIpc) is 3.31. The molecular formula is C59H109NO5. The molecule has 0 fully saturated rings. The molecule has 0 aliphatic carbocycles. The van der Waals surface area contributed by atoms with Crippen LogP contribution < -0.4 is 5.32 Å². The molecule has 6 nitrogen and oxygen atoms in total. The van der Waals surface area contributed by atoms with E-state index in [-0.39, 0.29) is 0 Å². The Morgan fingerprint density at radius 2 is 0.692 bits per heavy atom. The van der Waals surface area contributed by atoms with Crippen LogP contribution in [0.15, 0.2) is 60.8 Å². The predicted octanol–water partition coefficient (Wildman–Crippen LogP) is 16.4. The third-order valence-corrected chi connectivity index (χ3v) is 12.9. The molecule has 0 aliphatic heterocycles. The Kier molecular flexibility index (Phi) is 51.3. The van der Waals surface area contributed by atoms with Crippen LogP contribution in [0.4, 0.5) is 0 Å². The summed E-state index contributed by atoms with van der Waals surface area (Å²) in [5, 5.41) is 43.9. The van der Waals surface area contributed by atoms with E-state index >= 15 is 0 Å². The molecule has 380 valence electrons. The number of amides is 1. The Balaban J connectivity index is 3.73. The number of unbranched alkanes of at least 4 members (excludes halogenated alkanes) is 32. The summed E-state index contributed by atoms with van der Waals surface area (Å²) < 4.78 is 0. The normalized spacial score (nSPS) is 14.2. The molecule has 0 saturated heterocycles. The summed E-state index contributed by atoms with van der Waals surface area (Å²) in [5.41, 5.74) is 0. The van der Waals surface area contributed by atoms with Crippen LogP contribution >= 0.6 is 0 Å². The quantitative estimate of drug-likeness (QED) is 0.0308. The van der Waals surface area contributed by atoms with Crippen molar-refractivity contribution < 1.29 is 25.2 Å². The van der Waals surface area contributed by atoms with Gasteiger partial charge in [-0.2, -0.15) is 0 Å². The second-order valence-corrected chi connectivity index (χ2v) is 19.3. The number of aliphatic hydroxyl groups excluding tert-OH is 4. The number of nitrogens with one attached hydrogen (secondary N) is 1. The fourth-order valence-electron chi connectivity index (χ4n) is 8.47. The van der Waals surface area contributed by atoms with E-state index in [0.717, 1.165) is 57.8 Å². The highest BCUT2D eigenvalue weighted by atomic mass is 16.3. The Morgan fingerprint density at radius 1 is 0.385 bits per heavy atom. The summed E-state index contributed by atoms with van der Waals surface area (Å²) >= 11 is 0. The number of aliphatic hydroxyl groups is 4. The zero-order valence-corrected chi connectivity index (χ0v) is 43.0. The molecule has 5 N–H and O–H groups in total. The van der Waals surface area contributed by atoms with Gasteiger partial charge in [-0.1, -0.05) is 242 Å². The molecule has 0 rings (SSSR count).